The summed E-state index contributed by atoms with van der Waals surface area (Å²) in [5.41, 5.74) is 0.0451. The molecule has 1 heterocycles. The molecule has 2 rings (SSSR count). The van der Waals surface area contributed by atoms with Crippen molar-refractivity contribution >= 4 is 0 Å². The molecule has 94 valence electrons. The van der Waals surface area contributed by atoms with Gasteiger partial charge in [-0.2, -0.15) is 0 Å². The summed E-state index contributed by atoms with van der Waals surface area (Å²) in [7, 11) is 1.48. The summed E-state index contributed by atoms with van der Waals surface area (Å²) in [6.07, 6.45) is 0.743. The molecule has 1 aromatic rings. The lowest BCUT2D eigenvalue weighted by Gasteiger charge is -2.20. The zero-order valence-electron chi connectivity index (χ0n) is 9.88. The zero-order valence-corrected chi connectivity index (χ0v) is 9.88. The van der Waals surface area contributed by atoms with Crippen molar-refractivity contribution < 1.29 is 13.5 Å². The zero-order chi connectivity index (χ0) is 12.3. The topological polar surface area (TPSA) is 21.3 Å². The molecular weight excluding hydrogens is 224 g/mol. The van der Waals surface area contributed by atoms with E-state index < -0.39 is 5.92 Å². The van der Waals surface area contributed by atoms with Crippen LogP contribution in [0.1, 0.15) is 18.4 Å². The number of alkyl halides is 2. The maximum atomic E-state index is 14.0. The molecule has 1 atom stereocenters. The quantitative estimate of drug-likeness (QED) is 0.875. The van der Waals surface area contributed by atoms with E-state index in [0.717, 1.165) is 13.0 Å². The van der Waals surface area contributed by atoms with Crippen LogP contribution in [0.5, 0.6) is 5.75 Å². The van der Waals surface area contributed by atoms with Crippen LogP contribution < -0.4 is 10.1 Å². The highest BCUT2D eigenvalue weighted by atomic mass is 19.3. The number of ether oxygens (including phenoxy) is 1. The van der Waals surface area contributed by atoms with E-state index in [-0.39, 0.29) is 17.9 Å². The number of halogens is 2. The van der Waals surface area contributed by atoms with Gasteiger partial charge in [-0.05, 0) is 37.6 Å². The third-order valence-corrected chi connectivity index (χ3v) is 3.20. The van der Waals surface area contributed by atoms with Gasteiger partial charge in [-0.1, -0.05) is 12.1 Å². The SMILES string of the molecule is COc1cccc(C(F)(F)CC2CCNC2)c1. The highest BCUT2D eigenvalue weighted by Gasteiger charge is 2.35. The predicted molar refractivity (Wildman–Crippen MR) is 62.5 cm³/mol. The highest BCUT2D eigenvalue weighted by Crippen LogP contribution is 2.37. The summed E-state index contributed by atoms with van der Waals surface area (Å²) < 4.78 is 33.1. The van der Waals surface area contributed by atoms with Gasteiger partial charge in [0.25, 0.3) is 5.92 Å². The van der Waals surface area contributed by atoms with Crippen LogP contribution in [0.25, 0.3) is 0 Å². The molecule has 1 saturated heterocycles. The molecule has 0 bridgehead atoms. The molecule has 0 spiro atoms. The van der Waals surface area contributed by atoms with Crippen LogP contribution in [0.4, 0.5) is 8.78 Å². The Morgan fingerprint density at radius 3 is 2.94 bits per heavy atom. The Hall–Kier alpha value is -1.16. The first-order valence-corrected chi connectivity index (χ1v) is 5.85. The Labute approximate surface area is 100.0 Å². The van der Waals surface area contributed by atoms with E-state index in [4.69, 9.17) is 4.74 Å². The minimum absolute atomic E-state index is 0.0451. The van der Waals surface area contributed by atoms with Crippen molar-refractivity contribution in [3.8, 4) is 5.75 Å². The van der Waals surface area contributed by atoms with Crippen molar-refractivity contribution in [2.45, 2.75) is 18.8 Å². The van der Waals surface area contributed by atoms with Crippen LogP contribution in [0.3, 0.4) is 0 Å². The van der Waals surface area contributed by atoms with Gasteiger partial charge in [-0.3, -0.25) is 0 Å². The lowest BCUT2D eigenvalue weighted by Crippen LogP contribution is -2.20. The number of hydrogen-bond acceptors (Lipinski definition) is 2. The summed E-state index contributed by atoms with van der Waals surface area (Å²) in [5, 5.41) is 3.11. The van der Waals surface area contributed by atoms with Gasteiger partial charge in [0.15, 0.2) is 0 Å². The second kappa shape index (κ2) is 5.00. The van der Waals surface area contributed by atoms with Gasteiger partial charge in [0.2, 0.25) is 0 Å². The maximum absolute atomic E-state index is 14.0. The third-order valence-electron chi connectivity index (χ3n) is 3.20. The van der Waals surface area contributed by atoms with Crippen LogP contribution in [0.2, 0.25) is 0 Å². The first-order chi connectivity index (χ1) is 8.12. The Balaban J connectivity index is 2.11. The molecule has 17 heavy (non-hydrogen) atoms. The molecule has 0 radical (unpaired) electrons. The molecule has 4 heteroatoms. The molecule has 1 unspecified atom stereocenters. The smallest absolute Gasteiger partial charge is 0.273 e. The monoisotopic (exact) mass is 241 g/mol. The summed E-state index contributed by atoms with van der Waals surface area (Å²) in [5.74, 6) is -2.23. The first kappa shape index (κ1) is 12.3. The van der Waals surface area contributed by atoms with Crippen molar-refractivity contribution in [2.24, 2.45) is 5.92 Å². The van der Waals surface area contributed by atoms with Gasteiger partial charge in [0.1, 0.15) is 5.75 Å². The van der Waals surface area contributed by atoms with E-state index in [1.165, 1.54) is 19.2 Å². The predicted octanol–water partition coefficient (Wildman–Crippen LogP) is 2.79. The van der Waals surface area contributed by atoms with Crippen LogP contribution in [-0.2, 0) is 5.92 Å². The van der Waals surface area contributed by atoms with Crippen LogP contribution in [-0.4, -0.2) is 20.2 Å². The summed E-state index contributed by atoms with van der Waals surface area (Å²) in [4.78, 5) is 0. The third kappa shape index (κ3) is 2.94. The second-order valence-electron chi connectivity index (χ2n) is 4.50. The molecule has 1 aliphatic heterocycles. The van der Waals surface area contributed by atoms with Gasteiger partial charge in [-0.15, -0.1) is 0 Å². The fourth-order valence-electron chi connectivity index (χ4n) is 2.22. The van der Waals surface area contributed by atoms with Crippen molar-refractivity contribution in [3.05, 3.63) is 29.8 Å². The standard InChI is InChI=1S/C13H17F2NO/c1-17-12-4-2-3-11(7-12)13(14,15)8-10-5-6-16-9-10/h2-4,7,10,16H,5-6,8-9H2,1H3. The van der Waals surface area contributed by atoms with Gasteiger partial charge in [-0.25, -0.2) is 8.78 Å². The van der Waals surface area contributed by atoms with E-state index in [9.17, 15) is 8.78 Å². The Morgan fingerprint density at radius 1 is 1.47 bits per heavy atom. The average molecular weight is 241 g/mol. The molecule has 0 aromatic heterocycles. The summed E-state index contributed by atoms with van der Waals surface area (Å²) in [6.45, 7) is 1.54. The van der Waals surface area contributed by atoms with E-state index >= 15 is 0 Å². The van der Waals surface area contributed by atoms with E-state index in [2.05, 4.69) is 5.32 Å². The Morgan fingerprint density at radius 2 is 2.29 bits per heavy atom. The maximum Gasteiger partial charge on any atom is 0.273 e. The van der Waals surface area contributed by atoms with Crippen molar-refractivity contribution in [1.29, 1.82) is 0 Å². The second-order valence-corrected chi connectivity index (χ2v) is 4.50. The number of nitrogens with one attached hydrogen (secondary N) is 1. The summed E-state index contributed by atoms with van der Waals surface area (Å²) in [6, 6.07) is 6.17. The highest BCUT2D eigenvalue weighted by molar-refractivity contribution is 5.31. The van der Waals surface area contributed by atoms with E-state index in [1.807, 2.05) is 0 Å². The largest absolute Gasteiger partial charge is 0.497 e. The van der Waals surface area contributed by atoms with E-state index in [1.54, 1.807) is 12.1 Å². The molecule has 1 N–H and O–H groups in total. The minimum atomic E-state index is -2.77. The fourth-order valence-corrected chi connectivity index (χ4v) is 2.22. The first-order valence-electron chi connectivity index (χ1n) is 5.85. The van der Waals surface area contributed by atoms with Gasteiger partial charge < -0.3 is 10.1 Å². The van der Waals surface area contributed by atoms with Crippen LogP contribution >= 0.6 is 0 Å². The van der Waals surface area contributed by atoms with Crippen molar-refractivity contribution in [1.82, 2.24) is 5.32 Å². The lowest BCUT2D eigenvalue weighted by molar-refractivity contribution is -0.0269. The minimum Gasteiger partial charge on any atom is -0.497 e. The number of methoxy groups -OCH3 is 1. The number of rotatable bonds is 4. The Bertz CT molecular complexity index is 375. The van der Waals surface area contributed by atoms with E-state index in [0.29, 0.717) is 12.3 Å². The Kier molecular flexibility index (Phi) is 3.62. The van der Waals surface area contributed by atoms with Crippen LogP contribution in [0.15, 0.2) is 24.3 Å². The molecule has 0 aliphatic carbocycles. The molecule has 1 fully saturated rings. The lowest BCUT2D eigenvalue weighted by atomic mass is 9.95. The molecule has 1 aromatic carbocycles. The molecule has 0 amide bonds. The van der Waals surface area contributed by atoms with Gasteiger partial charge >= 0.3 is 0 Å². The number of hydrogen-bond donors (Lipinski definition) is 1. The summed E-state index contributed by atoms with van der Waals surface area (Å²) >= 11 is 0. The number of benzene rings is 1. The van der Waals surface area contributed by atoms with Gasteiger partial charge in [0, 0.05) is 12.0 Å². The molecule has 2 nitrogen and oxygen atoms in total. The van der Waals surface area contributed by atoms with Gasteiger partial charge in [0.05, 0.1) is 7.11 Å². The average Bonchev–Trinajstić information content (AvgIpc) is 2.81. The fraction of sp³-hybridized carbons (Fsp3) is 0.538. The van der Waals surface area contributed by atoms with Crippen molar-refractivity contribution in [2.75, 3.05) is 20.2 Å². The molecular formula is C13H17F2NO. The normalized spacial score (nSPS) is 20.5. The van der Waals surface area contributed by atoms with Crippen LogP contribution in [0, 0.1) is 5.92 Å². The molecule has 1 aliphatic rings. The van der Waals surface area contributed by atoms with Crippen molar-refractivity contribution in [3.63, 3.8) is 0 Å². The molecule has 0 saturated carbocycles.